The topological polar surface area (TPSA) is 75.7 Å². The zero-order valence-corrected chi connectivity index (χ0v) is 13.1. The van der Waals surface area contributed by atoms with Gasteiger partial charge in [0.05, 0.1) is 24.5 Å². The van der Waals surface area contributed by atoms with Gasteiger partial charge in [0, 0.05) is 24.5 Å². The number of ether oxygens (including phenoxy) is 1. The standard InChI is InChI=1S/C14H15BrN2O4/c1-9(18)16-12-3-2-10(15)8-11(12)13(19)14(20)17-4-6-21-7-5-17/h2-3,8H,4-7H2,1H3,(H,16,18). The lowest BCUT2D eigenvalue weighted by Crippen LogP contribution is -2.44. The summed E-state index contributed by atoms with van der Waals surface area (Å²) in [5.74, 6) is -1.52. The molecule has 6 nitrogen and oxygen atoms in total. The van der Waals surface area contributed by atoms with Gasteiger partial charge in [-0.3, -0.25) is 14.4 Å². The highest BCUT2D eigenvalue weighted by molar-refractivity contribution is 9.10. The predicted molar refractivity (Wildman–Crippen MR) is 80.2 cm³/mol. The fourth-order valence-electron chi connectivity index (χ4n) is 2.03. The van der Waals surface area contributed by atoms with Crippen LogP contribution in [0.1, 0.15) is 17.3 Å². The fourth-order valence-corrected chi connectivity index (χ4v) is 2.39. The second-order valence-corrected chi connectivity index (χ2v) is 5.52. The van der Waals surface area contributed by atoms with E-state index in [4.69, 9.17) is 4.74 Å². The van der Waals surface area contributed by atoms with Crippen molar-refractivity contribution >= 4 is 39.2 Å². The number of carbonyl (C=O) groups excluding carboxylic acids is 3. The van der Waals surface area contributed by atoms with Gasteiger partial charge in [-0.2, -0.15) is 0 Å². The van der Waals surface area contributed by atoms with Crippen molar-refractivity contribution in [3.63, 3.8) is 0 Å². The van der Waals surface area contributed by atoms with Gasteiger partial charge < -0.3 is 15.0 Å². The highest BCUT2D eigenvalue weighted by atomic mass is 79.9. The van der Waals surface area contributed by atoms with Crippen LogP contribution in [0.5, 0.6) is 0 Å². The second-order valence-electron chi connectivity index (χ2n) is 4.60. The fraction of sp³-hybridized carbons (Fsp3) is 0.357. The Morgan fingerprint density at radius 3 is 2.52 bits per heavy atom. The Kier molecular flexibility index (Phi) is 5.08. The molecule has 1 aliphatic heterocycles. The number of Topliss-reactive ketones (excluding diaryl/α,β-unsaturated/α-hetero) is 1. The molecule has 0 atom stereocenters. The molecule has 2 amide bonds. The summed E-state index contributed by atoms with van der Waals surface area (Å²) < 4.78 is 5.82. The summed E-state index contributed by atoms with van der Waals surface area (Å²) in [5.41, 5.74) is 0.508. The average molecular weight is 355 g/mol. The van der Waals surface area contributed by atoms with E-state index in [-0.39, 0.29) is 11.5 Å². The van der Waals surface area contributed by atoms with Gasteiger partial charge in [0.15, 0.2) is 0 Å². The largest absolute Gasteiger partial charge is 0.378 e. The van der Waals surface area contributed by atoms with Gasteiger partial charge in [-0.25, -0.2) is 0 Å². The highest BCUT2D eigenvalue weighted by Gasteiger charge is 2.27. The molecule has 0 spiro atoms. The molecule has 0 radical (unpaired) electrons. The molecule has 1 aromatic carbocycles. The number of anilines is 1. The van der Waals surface area contributed by atoms with Crippen LogP contribution in [0.3, 0.4) is 0 Å². The number of hydrogen-bond acceptors (Lipinski definition) is 4. The Balaban J connectivity index is 2.26. The van der Waals surface area contributed by atoms with Gasteiger partial charge in [0.1, 0.15) is 0 Å². The van der Waals surface area contributed by atoms with Crippen molar-refractivity contribution in [2.45, 2.75) is 6.92 Å². The minimum Gasteiger partial charge on any atom is -0.378 e. The van der Waals surface area contributed by atoms with Crippen LogP contribution in [0.25, 0.3) is 0 Å². The van der Waals surface area contributed by atoms with Crippen LogP contribution in [-0.2, 0) is 14.3 Å². The molecule has 21 heavy (non-hydrogen) atoms. The summed E-state index contributed by atoms with van der Waals surface area (Å²) >= 11 is 3.27. The minimum atomic E-state index is -0.637. The van der Waals surface area contributed by atoms with E-state index in [0.717, 1.165) is 0 Å². The van der Waals surface area contributed by atoms with E-state index >= 15 is 0 Å². The molecule has 0 aliphatic carbocycles. The summed E-state index contributed by atoms with van der Waals surface area (Å²) in [6, 6.07) is 4.82. The van der Waals surface area contributed by atoms with Crippen molar-refractivity contribution in [3.8, 4) is 0 Å². The predicted octanol–water partition coefficient (Wildman–Crippen LogP) is 1.45. The Morgan fingerprint density at radius 1 is 1.24 bits per heavy atom. The molecule has 1 fully saturated rings. The second kappa shape index (κ2) is 6.82. The van der Waals surface area contributed by atoms with Crippen molar-refractivity contribution in [2.75, 3.05) is 31.6 Å². The van der Waals surface area contributed by atoms with Crippen molar-refractivity contribution in [1.29, 1.82) is 0 Å². The van der Waals surface area contributed by atoms with Gasteiger partial charge in [0.25, 0.3) is 11.7 Å². The van der Waals surface area contributed by atoms with Gasteiger partial charge in [0.2, 0.25) is 5.91 Å². The third-order valence-electron chi connectivity index (χ3n) is 3.03. The van der Waals surface area contributed by atoms with E-state index in [9.17, 15) is 14.4 Å². The zero-order chi connectivity index (χ0) is 15.4. The summed E-state index contributed by atoms with van der Waals surface area (Å²) in [5, 5.41) is 2.56. The average Bonchev–Trinajstić information content (AvgIpc) is 2.48. The molecule has 1 aromatic rings. The van der Waals surface area contributed by atoms with E-state index in [2.05, 4.69) is 21.2 Å². The van der Waals surface area contributed by atoms with Gasteiger partial charge >= 0.3 is 0 Å². The molecule has 0 bridgehead atoms. The van der Waals surface area contributed by atoms with Crippen molar-refractivity contribution in [2.24, 2.45) is 0 Å². The number of hydrogen-bond donors (Lipinski definition) is 1. The van der Waals surface area contributed by atoms with Crippen LogP contribution in [0.4, 0.5) is 5.69 Å². The Morgan fingerprint density at radius 2 is 1.90 bits per heavy atom. The summed E-state index contributed by atoms with van der Waals surface area (Å²) in [4.78, 5) is 37.3. The quantitative estimate of drug-likeness (QED) is 0.658. The molecule has 0 aromatic heterocycles. The molecule has 1 aliphatic rings. The number of ketones is 1. The lowest BCUT2D eigenvalue weighted by molar-refractivity contribution is -0.130. The number of nitrogens with one attached hydrogen (secondary N) is 1. The first kappa shape index (κ1) is 15.7. The number of rotatable bonds is 3. The highest BCUT2D eigenvalue weighted by Crippen LogP contribution is 2.22. The molecule has 1 heterocycles. The molecule has 112 valence electrons. The SMILES string of the molecule is CC(=O)Nc1ccc(Br)cc1C(=O)C(=O)N1CCOCC1. The normalized spacial score (nSPS) is 14.7. The molecular weight excluding hydrogens is 340 g/mol. The van der Waals surface area contributed by atoms with E-state index in [1.165, 1.54) is 17.9 Å². The summed E-state index contributed by atoms with van der Waals surface area (Å²) in [6.45, 7) is 2.99. The smallest absolute Gasteiger partial charge is 0.295 e. The lowest BCUT2D eigenvalue weighted by Gasteiger charge is -2.26. The van der Waals surface area contributed by atoms with E-state index < -0.39 is 11.7 Å². The number of benzene rings is 1. The molecule has 7 heteroatoms. The Labute approximate surface area is 130 Å². The minimum absolute atomic E-state index is 0.177. The lowest BCUT2D eigenvalue weighted by atomic mass is 10.1. The van der Waals surface area contributed by atoms with Gasteiger partial charge in [-0.1, -0.05) is 15.9 Å². The first-order valence-electron chi connectivity index (χ1n) is 6.47. The molecule has 2 rings (SSSR count). The number of carbonyl (C=O) groups is 3. The van der Waals surface area contributed by atoms with Gasteiger partial charge in [-0.15, -0.1) is 0 Å². The van der Waals surface area contributed by atoms with Crippen molar-refractivity contribution in [1.82, 2.24) is 4.90 Å². The zero-order valence-electron chi connectivity index (χ0n) is 11.5. The van der Waals surface area contributed by atoms with Crippen LogP contribution >= 0.6 is 15.9 Å². The van der Waals surface area contributed by atoms with Crippen LogP contribution in [-0.4, -0.2) is 48.8 Å². The third kappa shape index (κ3) is 3.89. The van der Waals surface area contributed by atoms with Crippen LogP contribution < -0.4 is 5.32 Å². The number of nitrogens with zero attached hydrogens (tertiary/aromatic N) is 1. The third-order valence-corrected chi connectivity index (χ3v) is 3.52. The van der Waals surface area contributed by atoms with Crippen LogP contribution in [0.15, 0.2) is 22.7 Å². The Bertz CT molecular complexity index is 582. The monoisotopic (exact) mass is 354 g/mol. The van der Waals surface area contributed by atoms with Crippen molar-refractivity contribution < 1.29 is 19.1 Å². The molecule has 0 saturated carbocycles. The van der Waals surface area contributed by atoms with Crippen LogP contribution in [0.2, 0.25) is 0 Å². The van der Waals surface area contributed by atoms with E-state index in [0.29, 0.717) is 36.5 Å². The van der Waals surface area contributed by atoms with E-state index in [1.54, 1.807) is 12.1 Å². The maximum Gasteiger partial charge on any atom is 0.295 e. The van der Waals surface area contributed by atoms with Crippen molar-refractivity contribution in [3.05, 3.63) is 28.2 Å². The first-order chi connectivity index (χ1) is 9.99. The maximum atomic E-state index is 12.4. The Hall–Kier alpha value is -1.73. The molecular formula is C14H15BrN2O4. The van der Waals surface area contributed by atoms with Gasteiger partial charge in [-0.05, 0) is 18.2 Å². The maximum absolute atomic E-state index is 12.4. The van der Waals surface area contributed by atoms with Crippen LogP contribution in [0, 0.1) is 0 Å². The first-order valence-corrected chi connectivity index (χ1v) is 7.27. The molecule has 1 saturated heterocycles. The number of halogens is 1. The number of amides is 2. The summed E-state index contributed by atoms with van der Waals surface area (Å²) in [7, 11) is 0. The molecule has 1 N–H and O–H groups in total. The molecule has 0 unspecified atom stereocenters. The number of morpholine rings is 1. The van der Waals surface area contributed by atoms with E-state index in [1.807, 2.05) is 0 Å². The summed E-state index contributed by atoms with van der Waals surface area (Å²) in [6.07, 6.45) is 0.